The standard InChI is InChI=1S/C12H14N4O3S/c1-10-14-12(9-13-15-10)11-3-6-16(7-4-11)5-2-8-20(17,18)19/h3-4,6-7,9H,2,5,8H2,1H3/p+1. The highest BCUT2D eigenvalue weighted by molar-refractivity contribution is 7.85. The lowest BCUT2D eigenvalue weighted by molar-refractivity contribution is -0.696. The third kappa shape index (κ3) is 4.32. The van der Waals surface area contributed by atoms with Crippen LogP contribution in [0.3, 0.4) is 0 Å². The monoisotopic (exact) mass is 295 g/mol. The summed E-state index contributed by atoms with van der Waals surface area (Å²) in [5.41, 5.74) is 1.65. The van der Waals surface area contributed by atoms with Gasteiger partial charge >= 0.3 is 0 Å². The fourth-order valence-corrected chi connectivity index (χ4v) is 2.23. The summed E-state index contributed by atoms with van der Waals surface area (Å²) in [5.74, 6) is 0.365. The first kappa shape index (κ1) is 14.5. The highest BCUT2D eigenvalue weighted by Crippen LogP contribution is 2.12. The van der Waals surface area contributed by atoms with Crippen molar-refractivity contribution in [2.24, 2.45) is 0 Å². The lowest BCUT2D eigenvalue weighted by Crippen LogP contribution is -2.33. The van der Waals surface area contributed by atoms with Crippen LogP contribution in [0.5, 0.6) is 0 Å². The average Bonchev–Trinajstić information content (AvgIpc) is 2.38. The molecule has 0 unspecified atom stereocenters. The molecule has 0 saturated carbocycles. The molecule has 2 heterocycles. The number of rotatable bonds is 5. The van der Waals surface area contributed by atoms with E-state index in [0.29, 0.717) is 18.8 Å². The van der Waals surface area contributed by atoms with Crippen LogP contribution >= 0.6 is 0 Å². The normalized spacial score (nSPS) is 11.5. The lowest BCUT2D eigenvalue weighted by Gasteiger charge is -2.00. The Labute approximate surface area is 117 Å². The Morgan fingerprint density at radius 3 is 2.60 bits per heavy atom. The van der Waals surface area contributed by atoms with Crippen LogP contribution in [0.15, 0.2) is 30.7 Å². The summed E-state index contributed by atoms with van der Waals surface area (Å²) in [6, 6.07) is 3.74. The maximum absolute atomic E-state index is 10.6. The fourth-order valence-electron chi connectivity index (χ4n) is 1.74. The Morgan fingerprint density at radius 1 is 1.30 bits per heavy atom. The molecule has 0 aromatic carbocycles. The Hall–Kier alpha value is -1.93. The van der Waals surface area contributed by atoms with Crippen LogP contribution in [-0.4, -0.2) is 33.9 Å². The summed E-state index contributed by atoms with van der Waals surface area (Å²) in [6.45, 7) is 2.29. The molecular weight excluding hydrogens is 280 g/mol. The van der Waals surface area contributed by atoms with Gasteiger partial charge in [-0.2, -0.15) is 13.5 Å². The molecule has 0 aliphatic rings. The second kappa shape index (κ2) is 6.02. The van der Waals surface area contributed by atoms with E-state index < -0.39 is 10.1 Å². The van der Waals surface area contributed by atoms with Gasteiger partial charge in [0.25, 0.3) is 10.1 Å². The Balaban J connectivity index is 2.03. The number of pyridine rings is 1. The first-order valence-corrected chi connectivity index (χ1v) is 7.66. The molecule has 0 saturated heterocycles. The van der Waals surface area contributed by atoms with Gasteiger partial charge in [0.2, 0.25) is 0 Å². The summed E-state index contributed by atoms with van der Waals surface area (Å²) in [5, 5.41) is 7.65. The zero-order valence-electron chi connectivity index (χ0n) is 11.0. The minimum Gasteiger partial charge on any atom is -0.286 e. The number of aryl methyl sites for hydroxylation is 2. The summed E-state index contributed by atoms with van der Waals surface area (Å²) in [6.07, 6.45) is 5.61. The first-order chi connectivity index (χ1) is 9.44. The largest absolute Gasteiger partial charge is 0.286 e. The molecule has 0 atom stereocenters. The van der Waals surface area contributed by atoms with Gasteiger partial charge in [-0.3, -0.25) is 4.55 Å². The molecule has 0 spiro atoms. The van der Waals surface area contributed by atoms with Gasteiger partial charge in [0, 0.05) is 24.1 Å². The predicted octanol–water partition coefficient (Wildman–Crippen LogP) is 0.412. The van der Waals surface area contributed by atoms with E-state index in [4.69, 9.17) is 4.55 Å². The van der Waals surface area contributed by atoms with Crippen molar-refractivity contribution >= 4 is 10.1 Å². The molecule has 2 aromatic rings. The topological polar surface area (TPSA) is 96.9 Å². The van der Waals surface area contributed by atoms with E-state index in [9.17, 15) is 8.42 Å². The van der Waals surface area contributed by atoms with Crippen molar-refractivity contribution in [2.75, 3.05) is 5.75 Å². The number of nitrogens with zero attached hydrogens (tertiary/aromatic N) is 4. The van der Waals surface area contributed by atoms with Crippen molar-refractivity contribution in [3.63, 3.8) is 0 Å². The summed E-state index contributed by atoms with van der Waals surface area (Å²) in [4.78, 5) is 4.27. The Kier molecular flexibility index (Phi) is 4.35. The van der Waals surface area contributed by atoms with E-state index in [1.165, 1.54) is 0 Å². The second-order valence-corrected chi connectivity index (χ2v) is 5.93. The molecule has 0 bridgehead atoms. The highest BCUT2D eigenvalue weighted by atomic mass is 32.2. The molecule has 8 heteroatoms. The predicted molar refractivity (Wildman–Crippen MR) is 71.2 cm³/mol. The second-order valence-electron chi connectivity index (χ2n) is 4.35. The van der Waals surface area contributed by atoms with Crippen molar-refractivity contribution in [3.05, 3.63) is 36.5 Å². The smallest absolute Gasteiger partial charge is 0.265 e. The molecule has 0 aliphatic carbocycles. The van der Waals surface area contributed by atoms with Crippen LogP contribution in [-0.2, 0) is 16.7 Å². The van der Waals surface area contributed by atoms with E-state index in [0.717, 1.165) is 11.3 Å². The average molecular weight is 295 g/mol. The number of aromatic nitrogens is 4. The van der Waals surface area contributed by atoms with Crippen molar-refractivity contribution in [2.45, 2.75) is 19.9 Å². The molecule has 0 radical (unpaired) electrons. The van der Waals surface area contributed by atoms with Crippen molar-refractivity contribution in [1.29, 1.82) is 0 Å². The highest BCUT2D eigenvalue weighted by Gasteiger charge is 2.08. The quantitative estimate of drug-likeness (QED) is 0.634. The van der Waals surface area contributed by atoms with Gasteiger partial charge in [0.1, 0.15) is 12.4 Å². The third-order valence-corrected chi connectivity index (χ3v) is 3.47. The zero-order chi connectivity index (χ0) is 14.6. The van der Waals surface area contributed by atoms with E-state index in [1.807, 2.05) is 29.1 Å². The zero-order valence-corrected chi connectivity index (χ0v) is 11.8. The van der Waals surface area contributed by atoms with E-state index >= 15 is 0 Å². The van der Waals surface area contributed by atoms with Gasteiger partial charge in [0.15, 0.2) is 12.4 Å². The molecule has 2 aromatic heterocycles. The Bertz CT molecular complexity index is 686. The number of hydrogen-bond donors (Lipinski definition) is 1. The van der Waals surface area contributed by atoms with Gasteiger partial charge in [-0.05, 0) is 6.92 Å². The van der Waals surface area contributed by atoms with Crippen LogP contribution in [0.25, 0.3) is 11.3 Å². The van der Waals surface area contributed by atoms with Crippen molar-refractivity contribution in [1.82, 2.24) is 15.2 Å². The molecule has 7 nitrogen and oxygen atoms in total. The molecule has 1 N–H and O–H groups in total. The minimum absolute atomic E-state index is 0.239. The van der Waals surface area contributed by atoms with Gasteiger partial charge in [-0.1, -0.05) is 0 Å². The molecule has 0 aliphatic heterocycles. The molecule has 106 valence electrons. The summed E-state index contributed by atoms with van der Waals surface area (Å²) >= 11 is 0. The molecule has 20 heavy (non-hydrogen) atoms. The molecular formula is C12H15N4O3S+. The van der Waals surface area contributed by atoms with Gasteiger partial charge < -0.3 is 0 Å². The van der Waals surface area contributed by atoms with Crippen molar-refractivity contribution < 1.29 is 17.5 Å². The first-order valence-electron chi connectivity index (χ1n) is 6.05. The molecule has 2 rings (SSSR count). The van der Waals surface area contributed by atoms with E-state index in [2.05, 4.69) is 15.2 Å². The van der Waals surface area contributed by atoms with Crippen LogP contribution < -0.4 is 4.57 Å². The Morgan fingerprint density at radius 2 is 2.00 bits per heavy atom. The van der Waals surface area contributed by atoms with Gasteiger partial charge in [0.05, 0.1) is 17.6 Å². The van der Waals surface area contributed by atoms with Crippen LogP contribution in [0, 0.1) is 6.92 Å². The van der Waals surface area contributed by atoms with E-state index in [-0.39, 0.29) is 5.75 Å². The van der Waals surface area contributed by atoms with Crippen LogP contribution in [0.4, 0.5) is 0 Å². The lowest BCUT2D eigenvalue weighted by atomic mass is 10.2. The summed E-state index contributed by atoms with van der Waals surface area (Å²) < 4.78 is 31.7. The van der Waals surface area contributed by atoms with Crippen LogP contribution in [0.2, 0.25) is 0 Å². The van der Waals surface area contributed by atoms with Crippen molar-refractivity contribution in [3.8, 4) is 11.3 Å². The van der Waals surface area contributed by atoms with Crippen LogP contribution in [0.1, 0.15) is 12.2 Å². The minimum atomic E-state index is -3.89. The maximum atomic E-state index is 10.6. The fraction of sp³-hybridized carbons (Fsp3) is 0.333. The summed E-state index contributed by atoms with van der Waals surface area (Å²) in [7, 11) is -3.89. The van der Waals surface area contributed by atoms with E-state index in [1.54, 1.807) is 13.1 Å². The third-order valence-electron chi connectivity index (χ3n) is 2.67. The maximum Gasteiger partial charge on any atom is 0.265 e. The molecule has 0 amide bonds. The molecule has 0 fully saturated rings. The SMILES string of the molecule is Cc1nncc(-c2cc[n+](CCCS(=O)(=O)O)cc2)n1. The van der Waals surface area contributed by atoms with Gasteiger partial charge in [-0.25, -0.2) is 9.55 Å². The number of hydrogen-bond acceptors (Lipinski definition) is 5. The van der Waals surface area contributed by atoms with Gasteiger partial charge in [-0.15, -0.1) is 5.10 Å².